The molecule has 0 aliphatic heterocycles. The number of halogens is 2. The number of amides is 1. The molecule has 0 saturated carbocycles. The van der Waals surface area contributed by atoms with Crippen LogP contribution in [0.15, 0.2) is 18.2 Å². The third kappa shape index (κ3) is 3.15. The number of hydrogen-bond donors (Lipinski definition) is 1. The summed E-state index contributed by atoms with van der Waals surface area (Å²) in [5.74, 6) is -0.334. The van der Waals surface area contributed by atoms with Crippen molar-refractivity contribution < 1.29 is 9.59 Å². The standard InChI is InChI=1S/C12H10Cl2N4O2/c1-7-11(6-19)16-17-18(7)5-12(20)15-10-3-2-8(13)4-9(10)14/h2-4,6H,5H2,1H3,(H,15,20). The summed E-state index contributed by atoms with van der Waals surface area (Å²) in [6.07, 6.45) is 0.590. The van der Waals surface area contributed by atoms with Gasteiger partial charge in [0.25, 0.3) is 0 Å². The van der Waals surface area contributed by atoms with E-state index in [1.807, 2.05) is 0 Å². The minimum Gasteiger partial charge on any atom is -0.323 e. The van der Waals surface area contributed by atoms with Crippen LogP contribution in [0.4, 0.5) is 5.69 Å². The molecule has 2 rings (SSSR count). The van der Waals surface area contributed by atoms with Crippen LogP contribution in [0.25, 0.3) is 0 Å². The second-order valence-corrected chi connectivity index (χ2v) is 4.85. The highest BCUT2D eigenvalue weighted by Crippen LogP contribution is 2.25. The smallest absolute Gasteiger partial charge is 0.246 e. The molecule has 1 N–H and O–H groups in total. The maximum Gasteiger partial charge on any atom is 0.246 e. The average Bonchev–Trinajstić information content (AvgIpc) is 2.74. The number of nitrogens with one attached hydrogen (secondary N) is 1. The highest BCUT2D eigenvalue weighted by atomic mass is 35.5. The van der Waals surface area contributed by atoms with Gasteiger partial charge >= 0.3 is 0 Å². The Balaban J connectivity index is 2.09. The third-order valence-corrected chi connectivity index (χ3v) is 3.18. The molecular weight excluding hydrogens is 303 g/mol. The molecule has 6 nitrogen and oxygen atoms in total. The predicted octanol–water partition coefficient (Wildman–Crippen LogP) is 2.34. The van der Waals surface area contributed by atoms with E-state index in [4.69, 9.17) is 23.2 Å². The van der Waals surface area contributed by atoms with Gasteiger partial charge in [-0.1, -0.05) is 28.4 Å². The molecule has 0 aliphatic rings. The van der Waals surface area contributed by atoms with Crippen molar-refractivity contribution >= 4 is 41.1 Å². The van der Waals surface area contributed by atoms with Crippen LogP contribution in [0.5, 0.6) is 0 Å². The first kappa shape index (κ1) is 14.5. The summed E-state index contributed by atoms with van der Waals surface area (Å²) in [6.45, 7) is 1.60. The van der Waals surface area contributed by atoms with E-state index in [9.17, 15) is 9.59 Å². The summed E-state index contributed by atoms with van der Waals surface area (Å²) < 4.78 is 1.34. The van der Waals surface area contributed by atoms with E-state index in [0.29, 0.717) is 27.7 Å². The summed E-state index contributed by atoms with van der Waals surface area (Å²) in [4.78, 5) is 22.5. The lowest BCUT2D eigenvalue weighted by molar-refractivity contribution is -0.117. The highest BCUT2D eigenvalue weighted by Gasteiger charge is 2.12. The van der Waals surface area contributed by atoms with Crippen molar-refractivity contribution in [1.29, 1.82) is 0 Å². The summed E-state index contributed by atoms with van der Waals surface area (Å²) >= 11 is 11.7. The number of benzene rings is 1. The van der Waals surface area contributed by atoms with E-state index in [2.05, 4.69) is 15.6 Å². The topological polar surface area (TPSA) is 76.9 Å². The van der Waals surface area contributed by atoms with Gasteiger partial charge < -0.3 is 5.32 Å². The lowest BCUT2D eigenvalue weighted by atomic mass is 10.3. The Morgan fingerprint density at radius 2 is 2.20 bits per heavy atom. The molecule has 8 heteroatoms. The molecule has 1 heterocycles. The highest BCUT2D eigenvalue weighted by molar-refractivity contribution is 6.36. The van der Waals surface area contributed by atoms with Crippen LogP contribution in [-0.2, 0) is 11.3 Å². The van der Waals surface area contributed by atoms with E-state index in [-0.39, 0.29) is 18.1 Å². The van der Waals surface area contributed by atoms with Crippen LogP contribution >= 0.6 is 23.2 Å². The fourth-order valence-corrected chi connectivity index (χ4v) is 2.01. The fraction of sp³-hybridized carbons (Fsp3) is 0.167. The Bertz CT molecular complexity index is 669. The summed E-state index contributed by atoms with van der Waals surface area (Å²) in [5.41, 5.74) is 1.19. The van der Waals surface area contributed by atoms with Crippen LogP contribution in [0, 0.1) is 6.92 Å². The fourth-order valence-electron chi connectivity index (χ4n) is 1.55. The van der Waals surface area contributed by atoms with Gasteiger partial charge in [-0.3, -0.25) is 9.59 Å². The van der Waals surface area contributed by atoms with Crippen molar-refractivity contribution in [2.45, 2.75) is 13.5 Å². The van der Waals surface area contributed by atoms with Gasteiger partial charge in [-0.05, 0) is 25.1 Å². The van der Waals surface area contributed by atoms with E-state index in [0.717, 1.165) is 0 Å². The van der Waals surface area contributed by atoms with E-state index in [1.165, 1.54) is 10.7 Å². The van der Waals surface area contributed by atoms with Crippen molar-refractivity contribution in [3.63, 3.8) is 0 Å². The van der Waals surface area contributed by atoms with Crippen molar-refractivity contribution in [1.82, 2.24) is 15.0 Å². The van der Waals surface area contributed by atoms with Crippen molar-refractivity contribution in [2.75, 3.05) is 5.32 Å². The number of hydrogen-bond acceptors (Lipinski definition) is 4. The zero-order valence-corrected chi connectivity index (χ0v) is 11.9. The number of aldehydes is 1. The maximum absolute atomic E-state index is 11.9. The lowest BCUT2D eigenvalue weighted by Gasteiger charge is -2.08. The first-order valence-electron chi connectivity index (χ1n) is 5.61. The zero-order valence-electron chi connectivity index (χ0n) is 10.4. The maximum atomic E-state index is 11.9. The first-order valence-corrected chi connectivity index (χ1v) is 6.37. The van der Waals surface area contributed by atoms with Crippen molar-refractivity contribution in [3.8, 4) is 0 Å². The van der Waals surface area contributed by atoms with Gasteiger partial charge in [-0.2, -0.15) is 0 Å². The van der Waals surface area contributed by atoms with E-state index < -0.39 is 0 Å². The van der Waals surface area contributed by atoms with Crippen molar-refractivity contribution in [3.05, 3.63) is 39.6 Å². The summed E-state index contributed by atoms with van der Waals surface area (Å²) in [5, 5.41) is 10.8. The number of anilines is 1. The molecule has 2 aromatic rings. The lowest BCUT2D eigenvalue weighted by Crippen LogP contribution is -2.20. The van der Waals surface area contributed by atoms with Crippen LogP contribution in [0.3, 0.4) is 0 Å². The number of aromatic nitrogens is 3. The minimum atomic E-state index is -0.334. The molecule has 0 fully saturated rings. The quantitative estimate of drug-likeness (QED) is 0.879. The normalized spacial score (nSPS) is 10.3. The Morgan fingerprint density at radius 1 is 1.45 bits per heavy atom. The first-order chi connectivity index (χ1) is 9.51. The molecule has 0 radical (unpaired) electrons. The Labute approximate surface area is 124 Å². The molecule has 0 spiro atoms. The Kier molecular flexibility index (Phi) is 4.36. The summed E-state index contributed by atoms with van der Waals surface area (Å²) in [7, 11) is 0. The molecular formula is C12H10Cl2N4O2. The summed E-state index contributed by atoms with van der Waals surface area (Å²) in [6, 6.07) is 4.76. The number of rotatable bonds is 4. The third-order valence-electron chi connectivity index (χ3n) is 2.63. The molecule has 0 saturated heterocycles. The van der Waals surface area contributed by atoms with Crippen molar-refractivity contribution in [2.24, 2.45) is 0 Å². The monoisotopic (exact) mass is 312 g/mol. The van der Waals surface area contributed by atoms with Gasteiger partial charge in [0.05, 0.1) is 16.4 Å². The number of carbonyl (C=O) groups is 2. The Morgan fingerprint density at radius 3 is 2.80 bits per heavy atom. The van der Waals surface area contributed by atoms with E-state index >= 15 is 0 Å². The van der Waals surface area contributed by atoms with Gasteiger partial charge in [0, 0.05) is 5.02 Å². The van der Waals surface area contributed by atoms with Gasteiger partial charge in [-0.25, -0.2) is 4.68 Å². The van der Waals surface area contributed by atoms with Gasteiger partial charge in [0.15, 0.2) is 6.29 Å². The molecule has 0 bridgehead atoms. The van der Waals surface area contributed by atoms with Gasteiger partial charge in [-0.15, -0.1) is 5.10 Å². The number of carbonyl (C=O) groups excluding carboxylic acids is 2. The van der Waals surface area contributed by atoms with Crippen LogP contribution in [-0.4, -0.2) is 27.2 Å². The van der Waals surface area contributed by atoms with Crippen LogP contribution < -0.4 is 5.32 Å². The molecule has 1 aromatic carbocycles. The molecule has 0 atom stereocenters. The molecule has 104 valence electrons. The van der Waals surface area contributed by atoms with Crippen LogP contribution in [0.1, 0.15) is 16.2 Å². The van der Waals surface area contributed by atoms with Crippen LogP contribution in [0.2, 0.25) is 10.0 Å². The Hall–Kier alpha value is -1.92. The average molecular weight is 313 g/mol. The number of nitrogens with zero attached hydrogens (tertiary/aromatic N) is 3. The second kappa shape index (κ2) is 6.02. The molecule has 1 aromatic heterocycles. The molecule has 0 unspecified atom stereocenters. The van der Waals surface area contributed by atoms with Gasteiger partial charge in [0.1, 0.15) is 12.2 Å². The molecule has 0 aliphatic carbocycles. The molecule has 1 amide bonds. The predicted molar refractivity (Wildman–Crippen MR) is 75.2 cm³/mol. The molecule has 20 heavy (non-hydrogen) atoms. The second-order valence-electron chi connectivity index (χ2n) is 4.01. The largest absolute Gasteiger partial charge is 0.323 e. The zero-order chi connectivity index (χ0) is 14.7. The minimum absolute atomic E-state index is 0.0639. The van der Waals surface area contributed by atoms with Gasteiger partial charge in [0.2, 0.25) is 5.91 Å². The SMILES string of the molecule is Cc1c(C=O)nnn1CC(=O)Nc1ccc(Cl)cc1Cl. The van der Waals surface area contributed by atoms with E-state index in [1.54, 1.807) is 19.1 Å².